The molecule has 2 heteroatoms. The van der Waals surface area contributed by atoms with Crippen LogP contribution in [-0.2, 0) is 9.47 Å². The molecule has 2 rings (SSSR count). The first-order valence-corrected chi connectivity index (χ1v) is 5.50. The highest BCUT2D eigenvalue weighted by Gasteiger charge is 2.60. The lowest BCUT2D eigenvalue weighted by atomic mass is 9.84. The number of ether oxygens (including phenoxy) is 2. The number of hydrogen-bond acceptors (Lipinski definition) is 2. The lowest BCUT2D eigenvalue weighted by Gasteiger charge is -2.30. The molecule has 2 nitrogen and oxygen atoms in total. The molecule has 0 spiro atoms. The molecule has 0 aromatic carbocycles. The van der Waals surface area contributed by atoms with E-state index in [2.05, 4.69) is 27.7 Å². The molecule has 1 heterocycles. The van der Waals surface area contributed by atoms with E-state index in [1.807, 2.05) is 13.8 Å². The first kappa shape index (κ1) is 10.4. The molecule has 2 aliphatic rings. The van der Waals surface area contributed by atoms with Gasteiger partial charge in [-0.2, -0.15) is 0 Å². The fraction of sp³-hybridized carbons (Fsp3) is 1.00. The second-order valence-corrected chi connectivity index (χ2v) is 6.63. The van der Waals surface area contributed by atoms with Crippen molar-refractivity contribution >= 4 is 0 Å². The van der Waals surface area contributed by atoms with Crippen molar-refractivity contribution in [3.63, 3.8) is 0 Å². The highest BCUT2D eigenvalue weighted by atomic mass is 16.8. The second kappa shape index (κ2) is 2.53. The van der Waals surface area contributed by atoms with Gasteiger partial charge in [-0.15, -0.1) is 0 Å². The van der Waals surface area contributed by atoms with Crippen LogP contribution in [0.2, 0.25) is 0 Å². The van der Waals surface area contributed by atoms with Gasteiger partial charge in [-0.25, -0.2) is 0 Å². The van der Waals surface area contributed by atoms with E-state index in [4.69, 9.17) is 9.47 Å². The summed E-state index contributed by atoms with van der Waals surface area (Å²) in [6.45, 7) is 13.2. The molecule has 2 unspecified atom stereocenters. The average Bonchev–Trinajstić information content (AvgIpc) is 2.30. The van der Waals surface area contributed by atoms with Crippen LogP contribution in [0.3, 0.4) is 0 Å². The van der Waals surface area contributed by atoms with Gasteiger partial charge in [0, 0.05) is 0 Å². The van der Waals surface area contributed by atoms with E-state index in [1.54, 1.807) is 0 Å². The summed E-state index contributed by atoms with van der Waals surface area (Å²) in [5.41, 5.74) is 0.476. The van der Waals surface area contributed by atoms with Gasteiger partial charge in [-0.1, -0.05) is 27.7 Å². The summed E-state index contributed by atoms with van der Waals surface area (Å²) in [5.74, 6) is -0.399. The Kier molecular flexibility index (Phi) is 1.89. The van der Waals surface area contributed by atoms with Crippen molar-refractivity contribution in [1.29, 1.82) is 0 Å². The largest absolute Gasteiger partial charge is 0.344 e. The van der Waals surface area contributed by atoms with E-state index < -0.39 is 5.79 Å². The van der Waals surface area contributed by atoms with Crippen LogP contribution in [0, 0.1) is 10.8 Å². The maximum atomic E-state index is 6.00. The lowest BCUT2D eigenvalue weighted by molar-refractivity contribution is -0.173. The summed E-state index contributed by atoms with van der Waals surface area (Å²) in [4.78, 5) is 0. The summed E-state index contributed by atoms with van der Waals surface area (Å²) in [7, 11) is 0. The monoisotopic (exact) mass is 198 g/mol. The highest BCUT2D eigenvalue weighted by molar-refractivity contribution is 5.06. The van der Waals surface area contributed by atoms with Gasteiger partial charge in [0.1, 0.15) is 0 Å². The number of rotatable bonds is 0. The van der Waals surface area contributed by atoms with Crippen molar-refractivity contribution in [1.82, 2.24) is 0 Å². The third-order valence-electron chi connectivity index (χ3n) is 3.55. The van der Waals surface area contributed by atoms with Gasteiger partial charge in [0.25, 0.3) is 0 Å². The predicted octanol–water partition coefficient (Wildman–Crippen LogP) is 2.96. The van der Waals surface area contributed by atoms with Crippen molar-refractivity contribution in [2.45, 2.75) is 66.0 Å². The SMILES string of the molecule is CC1(C)OC2C(O1)C(C)(C)CC2(C)C. The highest BCUT2D eigenvalue weighted by Crippen LogP contribution is 2.56. The van der Waals surface area contributed by atoms with Gasteiger partial charge in [-0.3, -0.25) is 0 Å². The van der Waals surface area contributed by atoms with E-state index in [0.717, 1.165) is 0 Å². The second-order valence-electron chi connectivity index (χ2n) is 6.63. The summed E-state index contributed by atoms with van der Waals surface area (Å²) in [6.07, 6.45) is 1.69. The first-order valence-electron chi connectivity index (χ1n) is 5.50. The van der Waals surface area contributed by atoms with E-state index in [0.29, 0.717) is 0 Å². The minimum Gasteiger partial charge on any atom is -0.344 e. The molecule has 1 saturated carbocycles. The van der Waals surface area contributed by atoms with Crippen molar-refractivity contribution in [2.75, 3.05) is 0 Å². The van der Waals surface area contributed by atoms with Gasteiger partial charge in [-0.05, 0) is 31.1 Å². The Hall–Kier alpha value is -0.0800. The summed E-state index contributed by atoms with van der Waals surface area (Å²) < 4.78 is 12.0. The molecule has 0 N–H and O–H groups in total. The molecular formula is C12H22O2. The van der Waals surface area contributed by atoms with E-state index >= 15 is 0 Å². The Morgan fingerprint density at radius 3 is 1.50 bits per heavy atom. The quantitative estimate of drug-likeness (QED) is 0.596. The van der Waals surface area contributed by atoms with Crippen LogP contribution >= 0.6 is 0 Å². The van der Waals surface area contributed by atoms with Crippen LogP contribution in [0.5, 0.6) is 0 Å². The van der Waals surface area contributed by atoms with Crippen LogP contribution in [0.4, 0.5) is 0 Å². The molecule has 1 aliphatic carbocycles. The zero-order valence-corrected chi connectivity index (χ0v) is 10.2. The topological polar surface area (TPSA) is 18.5 Å². The van der Waals surface area contributed by atoms with Gasteiger partial charge in [0.2, 0.25) is 0 Å². The van der Waals surface area contributed by atoms with Gasteiger partial charge in [0.15, 0.2) is 5.79 Å². The van der Waals surface area contributed by atoms with E-state index in [9.17, 15) is 0 Å². The zero-order chi connectivity index (χ0) is 10.8. The molecule has 0 radical (unpaired) electrons. The minimum atomic E-state index is -0.399. The van der Waals surface area contributed by atoms with Crippen LogP contribution in [0.15, 0.2) is 0 Å². The minimum absolute atomic E-state index is 0.238. The van der Waals surface area contributed by atoms with E-state index in [-0.39, 0.29) is 23.0 Å². The summed E-state index contributed by atoms with van der Waals surface area (Å²) in [5, 5.41) is 0. The molecule has 0 aromatic heterocycles. The fourth-order valence-electron chi connectivity index (χ4n) is 3.28. The number of fused-ring (bicyclic) bond motifs is 1. The molecular weight excluding hydrogens is 176 g/mol. The molecule has 0 amide bonds. The molecule has 2 atom stereocenters. The standard InChI is InChI=1S/C12H22O2/c1-10(2)7-11(3,4)9-8(10)13-12(5,6)14-9/h8-9H,7H2,1-6H3. The molecule has 0 bridgehead atoms. The van der Waals surface area contributed by atoms with Crippen molar-refractivity contribution < 1.29 is 9.47 Å². The molecule has 1 saturated heterocycles. The average molecular weight is 198 g/mol. The Morgan fingerprint density at radius 1 is 0.786 bits per heavy atom. The Bertz CT molecular complexity index is 229. The maximum absolute atomic E-state index is 6.00. The summed E-state index contributed by atoms with van der Waals surface area (Å²) >= 11 is 0. The molecule has 14 heavy (non-hydrogen) atoms. The van der Waals surface area contributed by atoms with E-state index in [1.165, 1.54) is 6.42 Å². The Labute approximate surface area is 87.0 Å². The summed E-state index contributed by atoms with van der Waals surface area (Å²) in [6, 6.07) is 0. The number of hydrogen-bond donors (Lipinski definition) is 0. The normalized spacial score (nSPS) is 42.4. The predicted molar refractivity (Wildman–Crippen MR) is 56.0 cm³/mol. The van der Waals surface area contributed by atoms with Gasteiger partial charge < -0.3 is 9.47 Å². The van der Waals surface area contributed by atoms with Gasteiger partial charge >= 0.3 is 0 Å². The van der Waals surface area contributed by atoms with Crippen molar-refractivity contribution in [3.8, 4) is 0 Å². The smallest absolute Gasteiger partial charge is 0.163 e. The third kappa shape index (κ3) is 1.40. The Morgan fingerprint density at radius 2 is 1.14 bits per heavy atom. The third-order valence-corrected chi connectivity index (χ3v) is 3.55. The zero-order valence-electron chi connectivity index (χ0n) is 10.2. The first-order chi connectivity index (χ1) is 6.14. The van der Waals surface area contributed by atoms with Crippen LogP contribution in [-0.4, -0.2) is 18.0 Å². The lowest BCUT2D eigenvalue weighted by Crippen LogP contribution is -2.31. The molecule has 1 aliphatic heterocycles. The van der Waals surface area contributed by atoms with Crippen LogP contribution in [0.25, 0.3) is 0 Å². The maximum Gasteiger partial charge on any atom is 0.163 e. The fourth-order valence-corrected chi connectivity index (χ4v) is 3.28. The van der Waals surface area contributed by atoms with Crippen LogP contribution in [0.1, 0.15) is 48.0 Å². The van der Waals surface area contributed by atoms with Crippen LogP contribution < -0.4 is 0 Å². The van der Waals surface area contributed by atoms with Gasteiger partial charge in [0.05, 0.1) is 12.2 Å². The molecule has 82 valence electrons. The Balaban J connectivity index is 2.31. The van der Waals surface area contributed by atoms with Crippen molar-refractivity contribution in [2.24, 2.45) is 10.8 Å². The molecule has 2 fully saturated rings. The molecule has 0 aromatic rings. The van der Waals surface area contributed by atoms with Crippen molar-refractivity contribution in [3.05, 3.63) is 0 Å².